The molecule has 0 fully saturated rings. The highest BCUT2D eigenvalue weighted by Gasteiger charge is 2.22. The normalized spacial score (nSPS) is 15.8. The average molecular weight is 441 g/mol. The van der Waals surface area contributed by atoms with Crippen LogP contribution in [0.25, 0.3) is 0 Å². The van der Waals surface area contributed by atoms with Gasteiger partial charge in [0.05, 0.1) is 21.6 Å². The van der Waals surface area contributed by atoms with E-state index < -0.39 is 10.0 Å². The molecule has 0 aliphatic heterocycles. The Balaban J connectivity index is 1.50. The summed E-state index contributed by atoms with van der Waals surface area (Å²) in [7, 11) is -3.76. The molecule has 3 aromatic carbocycles. The van der Waals surface area contributed by atoms with Crippen LogP contribution in [0.3, 0.4) is 0 Å². The van der Waals surface area contributed by atoms with Crippen molar-refractivity contribution in [1.29, 1.82) is 0 Å². The maximum atomic E-state index is 12.8. The molecule has 1 unspecified atom stereocenters. The average Bonchev–Trinajstić information content (AvgIpc) is 2.76. The van der Waals surface area contributed by atoms with Gasteiger partial charge in [0, 0.05) is 5.56 Å². The van der Waals surface area contributed by atoms with Crippen molar-refractivity contribution in [2.45, 2.75) is 30.2 Å². The molecule has 0 heterocycles. The summed E-state index contributed by atoms with van der Waals surface area (Å²) in [6, 6.07) is 20.7. The Morgan fingerprint density at radius 3 is 2.47 bits per heavy atom. The summed E-state index contributed by atoms with van der Waals surface area (Å²) in [6.07, 6.45) is 2.92. The molecule has 5 nitrogen and oxygen atoms in total. The van der Waals surface area contributed by atoms with Crippen LogP contribution >= 0.6 is 11.6 Å². The summed E-state index contributed by atoms with van der Waals surface area (Å²) in [5.41, 5.74) is 3.01. The standard InChI is InChI=1S/C23H21ClN2O3S/c24-20-15-17(13-14-22(20)26-30(28,29)18-9-2-1-3-10-18)23(27)25-21-12-6-8-16-7-4-5-11-19(16)21/h1-5,7,9-11,13-15,21,26H,6,8,12H2,(H,25,27). The molecule has 4 rings (SSSR count). The quantitative estimate of drug-likeness (QED) is 0.589. The van der Waals surface area contributed by atoms with E-state index in [0.29, 0.717) is 5.56 Å². The topological polar surface area (TPSA) is 75.3 Å². The van der Waals surface area contributed by atoms with Crippen LogP contribution in [-0.2, 0) is 16.4 Å². The highest BCUT2D eigenvalue weighted by molar-refractivity contribution is 7.92. The largest absolute Gasteiger partial charge is 0.345 e. The van der Waals surface area contributed by atoms with Gasteiger partial charge in [-0.15, -0.1) is 0 Å². The molecule has 7 heteroatoms. The lowest BCUT2D eigenvalue weighted by Crippen LogP contribution is -2.31. The summed E-state index contributed by atoms with van der Waals surface area (Å²) >= 11 is 6.28. The molecule has 154 valence electrons. The van der Waals surface area contributed by atoms with Gasteiger partial charge in [-0.05, 0) is 60.7 Å². The molecule has 1 atom stereocenters. The lowest BCUT2D eigenvalue weighted by atomic mass is 9.87. The van der Waals surface area contributed by atoms with Crippen molar-refractivity contribution in [1.82, 2.24) is 5.32 Å². The monoisotopic (exact) mass is 440 g/mol. The number of amides is 1. The van der Waals surface area contributed by atoms with Gasteiger partial charge in [0.15, 0.2) is 0 Å². The first-order chi connectivity index (χ1) is 14.4. The third-order valence-electron chi connectivity index (χ3n) is 5.20. The lowest BCUT2D eigenvalue weighted by Gasteiger charge is -2.26. The van der Waals surface area contributed by atoms with Gasteiger partial charge in [-0.3, -0.25) is 9.52 Å². The number of hydrogen-bond donors (Lipinski definition) is 2. The van der Waals surface area contributed by atoms with Crippen LogP contribution in [-0.4, -0.2) is 14.3 Å². The minimum Gasteiger partial charge on any atom is -0.345 e. The minimum absolute atomic E-state index is 0.0440. The van der Waals surface area contributed by atoms with Gasteiger partial charge in [0.1, 0.15) is 0 Å². The Bertz CT molecular complexity index is 1180. The van der Waals surface area contributed by atoms with Crippen molar-refractivity contribution in [3.63, 3.8) is 0 Å². The van der Waals surface area contributed by atoms with Crippen LogP contribution in [0, 0.1) is 0 Å². The van der Waals surface area contributed by atoms with Crippen molar-refractivity contribution in [2.75, 3.05) is 4.72 Å². The Hall–Kier alpha value is -2.83. The number of benzene rings is 3. The van der Waals surface area contributed by atoms with Gasteiger partial charge in [-0.1, -0.05) is 54.1 Å². The number of nitrogens with one attached hydrogen (secondary N) is 2. The van der Waals surface area contributed by atoms with E-state index in [0.717, 1.165) is 24.8 Å². The highest BCUT2D eigenvalue weighted by atomic mass is 35.5. The summed E-state index contributed by atoms with van der Waals surface area (Å²) in [6.45, 7) is 0. The van der Waals surface area contributed by atoms with Gasteiger partial charge < -0.3 is 5.32 Å². The number of aryl methyl sites for hydroxylation is 1. The number of halogens is 1. The van der Waals surface area contributed by atoms with Crippen LogP contribution in [0.15, 0.2) is 77.7 Å². The molecule has 0 saturated carbocycles. The van der Waals surface area contributed by atoms with E-state index in [2.05, 4.69) is 16.1 Å². The Morgan fingerprint density at radius 1 is 0.967 bits per heavy atom. The van der Waals surface area contributed by atoms with E-state index >= 15 is 0 Å². The van der Waals surface area contributed by atoms with Gasteiger partial charge in [0.2, 0.25) is 0 Å². The first-order valence-corrected chi connectivity index (χ1v) is 11.6. The second-order valence-electron chi connectivity index (χ2n) is 7.23. The molecule has 0 spiro atoms. The second kappa shape index (κ2) is 8.50. The molecular formula is C23H21ClN2O3S. The summed E-state index contributed by atoms with van der Waals surface area (Å²) in [4.78, 5) is 12.9. The summed E-state index contributed by atoms with van der Waals surface area (Å²) in [5, 5.41) is 3.23. The van der Waals surface area contributed by atoms with E-state index in [4.69, 9.17) is 11.6 Å². The van der Waals surface area contributed by atoms with Crippen LogP contribution in [0.4, 0.5) is 5.69 Å². The molecule has 0 aromatic heterocycles. The molecule has 0 saturated heterocycles. The first kappa shape index (κ1) is 20.4. The Kier molecular flexibility index (Phi) is 5.79. The molecule has 0 bridgehead atoms. The van der Waals surface area contributed by atoms with Crippen molar-refractivity contribution < 1.29 is 13.2 Å². The molecular weight excluding hydrogens is 420 g/mol. The Labute approximate surface area is 181 Å². The zero-order chi connectivity index (χ0) is 21.1. The maximum Gasteiger partial charge on any atom is 0.261 e. The van der Waals surface area contributed by atoms with E-state index in [1.165, 1.54) is 29.8 Å². The van der Waals surface area contributed by atoms with Crippen molar-refractivity contribution in [3.05, 3.63) is 94.5 Å². The predicted molar refractivity (Wildman–Crippen MR) is 118 cm³/mol. The molecule has 2 N–H and O–H groups in total. The highest BCUT2D eigenvalue weighted by Crippen LogP contribution is 2.30. The number of fused-ring (bicyclic) bond motifs is 1. The van der Waals surface area contributed by atoms with Crippen LogP contribution < -0.4 is 10.0 Å². The SMILES string of the molecule is O=C(NC1CCCc2ccccc21)c1ccc(NS(=O)(=O)c2ccccc2)c(Cl)c1. The van der Waals surface area contributed by atoms with Crippen molar-refractivity contribution in [3.8, 4) is 0 Å². The van der Waals surface area contributed by atoms with E-state index in [-0.39, 0.29) is 27.6 Å². The number of hydrogen-bond acceptors (Lipinski definition) is 3. The molecule has 0 radical (unpaired) electrons. The van der Waals surface area contributed by atoms with Crippen molar-refractivity contribution in [2.24, 2.45) is 0 Å². The zero-order valence-corrected chi connectivity index (χ0v) is 17.7. The first-order valence-electron chi connectivity index (χ1n) is 9.70. The third-order valence-corrected chi connectivity index (χ3v) is 6.90. The third kappa shape index (κ3) is 4.35. The maximum absolute atomic E-state index is 12.8. The molecule has 1 aliphatic carbocycles. The van der Waals surface area contributed by atoms with Crippen LogP contribution in [0.5, 0.6) is 0 Å². The van der Waals surface area contributed by atoms with Gasteiger partial charge >= 0.3 is 0 Å². The number of carbonyl (C=O) groups excluding carboxylic acids is 1. The summed E-state index contributed by atoms with van der Waals surface area (Å²) in [5.74, 6) is -0.240. The second-order valence-corrected chi connectivity index (χ2v) is 9.32. The number of anilines is 1. The van der Waals surface area contributed by atoms with Crippen molar-refractivity contribution >= 4 is 33.2 Å². The minimum atomic E-state index is -3.76. The Morgan fingerprint density at radius 2 is 1.70 bits per heavy atom. The van der Waals surface area contributed by atoms with E-state index in [9.17, 15) is 13.2 Å². The van der Waals surface area contributed by atoms with E-state index in [1.807, 2.05) is 18.2 Å². The lowest BCUT2D eigenvalue weighted by molar-refractivity contribution is 0.0933. The smallest absolute Gasteiger partial charge is 0.261 e. The predicted octanol–water partition coefficient (Wildman–Crippen LogP) is 4.95. The van der Waals surface area contributed by atoms with Gasteiger partial charge in [-0.25, -0.2) is 8.42 Å². The molecule has 30 heavy (non-hydrogen) atoms. The molecule has 1 amide bonds. The molecule has 3 aromatic rings. The summed E-state index contributed by atoms with van der Waals surface area (Å²) < 4.78 is 27.5. The fraction of sp³-hybridized carbons (Fsp3) is 0.174. The van der Waals surface area contributed by atoms with Crippen LogP contribution in [0.2, 0.25) is 5.02 Å². The fourth-order valence-corrected chi connectivity index (χ4v) is 5.07. The number of carbonyl (C=O) groups is 1. The molecule has 1 aliphatic rings. The number of sulfonamides is 1. The number of rotatable bonds is 5. The van der Waals surface area contributed by atoms with Gasteiger partial charge in [0.25, 0.3) is 15.9 Å². The zero-order valence-electron chi connectivity index (χ0n) is 16.1. The fourth-order valence-electron chi connectivity index (χ4n) is 3.69. The van der Waals surface area contributed by atoms with E-state index in [1.54, 1.807) is 24.3 Å². The van der Waals surface area contributed by atoms with Crippen LogP contribution in [0.1, 0.15) is 40.4 Å². The van der Waals surface area contributed by atoms with Gasteiger partial charge in [-0.2, -0.15) is 0 Å².